The molecule has 0 saturated carbocycles. The second kappa shape index (κ2) is 7.53. The molecule has 0 aliphatic heterocycles. The molecular weight excluding hydrogens is 294 g/mol. The Bertz CT molecular complexity index is 745. The molecule has 0 aliphatic rings. The van der Waals surface area contributed by atoms with Crippen molar-refractivity contribution in [3.05, 3.63) is 63.7 Å². The van der Waals surface area contributed by atoms with E-state index in [2.05, 4.69) is 65.0 Å². The van der Waals surface area contributed by atoms with Gasteiger partial charge in [0.25, 0.3) is 0 Å². The SMILES string of the molecule is COc1ccc(C(C)C)cc1C(C#N)Cc1c(C)cc(C)cc1C. The Morgan fingerprint density at radius 3 is 2.17 bits per heavy atom. The van der Waals surface area contributed by atoms with E-state index < -0.39 is 0 Å². The van der Waals surface area contributed by atoms with Gasteiger partial charge in [-0.2, -0.15) is 5.26 Å². The number of nitriles is 1. The van der Waals surface area contributed by atoms with E-state index in [9.17, 15) is 5.26 Å². The quantitative estimate of drug-likeness (QED) is 0.718. The molecule has 2 aromatic carbocycles. The predicted molar refractivity (Wildman–Crippen MR) is 99.8 cm³/mol. The van der Waals surface area contributed by atoms with Gasteiger partial charge in [0.2, 0.25) is 0 Å². The Morgan fingerprint density at radius 2 is 1.67 bits per heavy atom. The van der Waals surface area contributed by atoms with Crippen LogP contribution >= 0.6 is 0 Å². The zero-order valence-corrected chi connectivity index (χ0v) is 15.6. The lowest BCUT2D eigenvalue weighted by Gasteiger charge is -2.19. The standard InChI is InChI=1S/C22H27NO/c1-14(2)18-7-8-22(24-6)21(11-18)19(13-23)12-20-16(4)9-15(3)10-17(20)5/h7-11,14,19H,12H2,1-6H3. The monoisotopic (exact) mass is 321 g/mol. The Kier molecular flexibility index (Phi) is 5.67. The first kappa shape index (κ1) is 18.1. The highest BCUT2D eigenvalue weighted by Gasteiger charge is 2.19. The molecule has 1 unspecified atom stereocenters. The van der Waals surface area contributed by atoms with Crippen LogP contribution in [0, 0.1) is 32.1 Å². The smallest absolute Gasteiger partial charge is 0.123 e. The predicted octanol–water partition coefficient (Wildman–Crippen LogP) is 5.59. The normalized spacial score (nSPS) is 12.1. The van der Waals surface area contributed by atoms with Crippen molar-refractivity contribution in [1.82, 2.24) is 0 Å². The average molecular weight is 321 g/mol. The van der Waals surface area contributed by atoms with Crippen LogP contribution in [0.25, 0.3) is 0 Å². The molecule has 0 fully saturated rings. The summed E-state index contributed by atoms with van der Waals surface area (Å²) in [5.74, 6) is 1.02. The maximum atomic E-state index is 9.82. The van der Waals surface area contributed by atoms with Crippen LogP contribution in [0.5, 0.6) is 5.75 Å². The molecule has 24 heavy (non-hydrogen) atoms. The van der Waals surface area contributed by atoms with E-state index >= 15 is 0 Å². The lowest BCUT2D eigenvalue weighted by Crippen LogP contribution is -2.07. The molecule has 0 aromatic heterocycles. The first-order valence-electron chi connectivity index (χ1n) is 8.51. The summed E-state index contributed by atoms with van der Waals surface area (Å²) in [7, 11) is 1.67. The summed E-state index contributed by atoms with van der Waals surface area (Å²) in [6.07, 6.45) is 0.715. The van der Waals surface area contributed by atoms with Gasteiger partial charge in [-0.3, -0.25) is 0 Å². The number of ether oxygens (including phenoxy) is 1. The average Bonchev–Trinajstić information content (AvgIpc) is 2.53. The third kappa shape index (κ3) is 3.79. The number of hydrogen-bond donors (Lipinski definition) is 0. The highest BCUT2D eigenvalue weighted by atomic mass is 16.5. The van der Waals surface area contributed by atoms with Gasteiger partial charge < -0.3 is 4.74 Å². The maximum Gasteiger partial charge on any atom is 0.123 e. The lowest BCUT2D eigenvalue weighted by atomic mass is 9.86. The van der Waals surface area contributed by atoms with Crippen molar-refractivity contribution in [2.45, 2.75) is 52.9 Å². The summed E-state index contributed by atoms with van der Waals surface area (Å²) < 4.78 is 5.53. The molecular formula is C22H27NO. The van der Waals surface area contributed by atoms with Gasteiger partial charge in [-0.05, 0) is 61.4 Å². The largest absolute Gasteiger partial charge is 0.496 e. The molecule has 1 atom stereocenters. The minimum absolute atomic E-state index is 0.209. The van der Waals surface area contributed by atoms with Crippen LogP contribution in [0.4, 0.5) is 0 Å². The molecule has 0 radical (unpaired) electrons. The molecule has 0 spiro atoms. The Morgan fingerprint density at radius 1 is 1.04 bits per heavy atom. The number of nitrogens with zero attached hydrogens (tertiary/aromatic N) is 1. The Hall–Kier alpha value is -2.27. The third-order valence-electron chi connectivity index (χ3n) is 4.70. The fourth-order valence-electron chi connectivity index (χ4n) is 3.35. The van der Waals surface area contributed by atoms with E-state index in [1.54, 1.807) is 7.11 Å². The molecule has 2 aromatic rings. The summed E-state index contributed by atoms with van der Waals surface area (Å²) in [6.45, 7) is 10.7. The summed E-state index contributed by atoms with van der Waals surface area (Å²) in [4.78, 5) is 0. The first-order valence-corrected chi connectivity index (χ1v) is 8.51. The second-order valence-electron chi connectivity index (χ2n) is 6.92. The number of methoxy groups -OCH3 is 1. The van der Waals surface area contributed by atoms with Crippen LogP contribution in [0.3, 0.4) is 0 Å². The van der Waals surface area contributed by atoms with Crippen molar-refractivity contribution >= 4 is 0 Å². The van der Waals surface area contributed by atoms with E-state index in [1.807, 2.05) is 6.07 Å². The van der Waals surface area contributed by atoms with Gasteiger partial charge in [0.05, 0.1) is 19.1 Å². The topological polar surface area (TPSA) is 33.0 Å². The van der Waals surface area contributed by atoms with Crippen LogP contribution in [0.1, 0.15) is 59.1 Å². The van der Waals surface area contributed by atoms with E-state index in [1.165, 1.54) is 27.8 Å². The highest BCUT2D eigenvalue weighted by Crippen LogP contribution is 2.33. The first-order chi connectivity index (χ1) is 11.4. The van der Waals surface area contributed by atoms with Gasteiger partial charge in [0.1, 0.15) is 5.75 Å². The number of hydrogen-bond acceptors (Lipinski definition) is 2. The van der Waals surface area contributed by atoms with E-state index in [0.717, 1.165) is 11.3 Å². The Labute approximate surface area is 146 Å². The lowest BCUT2D eigenvalue weighted by molar-refractivity contribution is 0.407. The zero-order valence-electron chi connectivity index (χ0n) is 15.6. The highest BCUT2D eigenvalue weighted by molar-refractivity contribution is 5.46. The van der Waals surface area contributed by atoms with Crippen molar-refractivity contribution in [2.24, 2.45) is 0 Å². The molecule has 2 heteroatoms. The summed E-state index contributed by atoms with van der Waals surface area (Å²) in [5.41, 5.74) is 7.28. The molecule has 0 bridgehead atoms. The molecule has 126 valence electrons. The van der Waals surface area contributed by atoms with Crippen LogP contribution in [0.15, 0.2) is 30.3 Å². The van der Waals surface area contributed by atoms with Gasteiger partial charge >= 0.3 is 0 Å². The minimum atomic E-state index is -0.209. The molecule has 0 amide bonds. The Balaban J connectivity index is 2.46. The second-order valence-corrected chi connectivity index (χ2v) is 6.92. The molecule has 2 nitrogen and oxygen atoms in total. The fourth-order valence-corrected chi connectivity index (χ4v) is 3.35. The molecule has 0 aliphatic carbocycles. The summed E-state index contributed by atoms with van der Waals surface area (Å²) in [5, 5.41) is 9.82. The summed E-state index contributed by atoms with van der Waals surface area (Å²) in [6, 6.07) is 13.1. The number of rotatable bonds is 5. The van der Waals surface area contributed by atoms with E-state index in [0.29, 0.717) is 12.3 Å². The van der Waals surface area contributed by atoms with Crippen LogP contribution in [0.2, 0.25) is 0 Å². The summed E-state index contributed by atoms with van der Waals surface area (Å²) >= 11 is 0. The third-order valence-corrected chi connectivity index (χ3v) is 4.70. The molecule has 2 rings (SSSR count). The van der Waals surface area contributed by atoms with Gasteiger partial charge in [-0.1, -0.05) is 43.7 Å². The fraction of sp³-hybridized carbons (Fsp3) is 0.409. The van der Waals surface area contributed by atoms with Gasteiger partial charge in [-0.15, -0.1) is 0 Å². The van der Waals surface area contributed by atoms with Crippen molar-refractivity contribution in [2.75, 3.05) is 7.11 Å². The van der Waals surface area contributed by atoms with Crippen LogP contribution in [-0.2, 0) is 6.42 Å². The van der Waals surface area contributed by atoms with Crippen molar-refractivity contribution in [3.63, 3.8) is 0 Å². The van der Waals surface area contributed by atoms with E-state index in [-0.39, 0.29) is 5.92 Å². The van der Waals surface area contributed by atoms with Crippen molar-refractivity contribution in [3.8, 4) is 11.8 Å². The van der Waals surface area contributed by atoms with Crippen LogP contribution < -0.4 is 4.74 Å². The van der Waals surface area contributed by atoms with E-state index in [4.69, 9.17) is 4.74 Å². The van der Waals surface area contributed by atoms with Gasteiger partial charge in [0, 0.05) is 5.56 Å². The molecule has 0 N–H and O–H groups in total. The van der Waals surface area contributed by atoms with Crippen LogP contribution in [-0.4, -0.2) is 7.11 Å². The van der Waals surface area contributed by atoms with Crippen molar-refractivity contribution in [1.29, 1.82) is 5.26 Å². The molecule has 0 heterocycles. The minimum Gasteiger partial charge on any atom is -0.496 e. The zero-order chi connectivity index (χ0) is 17.9. The van der Waals surface area contributed by atoms with Gasteiger partial charge in [-0.25, -0.2) is 0 Å². The maximum absolute atomic E-state index is 9.82. The molecule has 0 saturated heterocycles. The van der Waals surface area contributed by atoms with Gasteiger partial charge in [0.15, 0.2) is 0 Å². The van der Waals surface area contributed by atoms with Crippen molar-refractivity contribution < 1.29 is 4.74 Å². The number of aryl methyl sites for hydroxylation is 3. The number of benzene rings is 2.